The molecule has 9 heteroatoms. The third kappa shape index (κ3) is 4.14. The number of nitrogens with two attached hydrogens (primary N) is 1. The Balaban J connectivity index is 1.55. The molecule has 0 atom stereocenters. The molecule has 0 aliphatic rings. The van der Waals surface area contributed by atoms with Crippen molar-refractivity contribution in [2.24, 2.45) is 7.05 Å². The molecule has 2 heterocycles. The van der Waals surface area contributed by atoms with Crippen LogP contribution in [0.25, 0.3) is 0 Å². The number of aromatic nitrogens is 5. The van der Waals surface area contributed by atoms with Gasteiger partial charge in [0.1, 0.15) is 0 Å². The maximum atomic E-state index is 5.57. The fourth-order valence-corrected chi connectivity index (χ4v) is 3.72. The molecule has 98 valence electrons. The summed E-state index contributed by atoms with van der Waals surface area (Å²) >= 11 is 5.06. The van der Waals surface area contributed by atoms with E-state index in [2.05, 4.69) is 20.5 Å². The predicted octanol–water partition coefficient (Wildman–Crippen LogP) is 1.66. The van der Waals surface area contributed by atoms with Gasteiger partial charge in [-0.05, 0) is 22.6 Å². The summed E-state index contributed by atoms with van der Waals surface area (Å²) in [5, 5.41) is 14.8. The molecule has 2 rings (SSSR count). The van der Waals surface area contributed by atoms with Crippen molar-refractivity contribution in [2.75, 3.05) is 17.2 Å². The number of hydrogen-bond donors (Lipinski definition) is 1. The van der Waals surface area contributed by atoms with Gasteiger partial charge in [-0.1, -0.05) is 11.8 Å². The molecule has 2 aromatic rings. The van der Waals surface area contributed by atoms with Crippen molar-refractivity contribution in [2.45, 2.75) is 17.3 Å². The van der Waals surface area contributed by atoms with E-state index in [0.29, 0.717) is 5.13 Å². The van der Waals surface area contributed by atoms with E-state index >= 15 is 0 Å². The Hall–Kier alpha value is -0.800. The topological polar surface area (TPSA) is 82.5 Å². The molecule has 0 aliphatic heterocycles. The standard InChI is InChI=1S/C9H14N6S3/c1-15-9(12-13-14-15)17-4-2-3-16-5-7-6-18-8(10)11-7/h6H,2-5H2,1H3,(H2,10,11). The Bertz CT molecular complexity index is 482. The van der Waals surface area contributed by atoms with Crippen LogP contribution in [-0.2, 0) is 12.8 Å². The predicted molar refractivity (Wildman–Crippen MR) is 76.8 cm³/mol. The maximum Gasteiger partial charge on any atom is 0.209 e. The van der Waals surface area contributed by atoms with Gasteiger partial charge in [0.15, 0.2) is 5.13 Å². The lowest BCUT2D eigenvalue weighted by atomic mass is 10.6. The molecule has 0 saturated carbocycles. The Morgan fingerprint density at radius 2 is 2.33 bits per heavy atom. The average Bonchev–Trinajstić information content (AvgIpc) is 2.93. The van der Waals surface area contributed by atoms with Crippen molar-refractivity contribution in [3.8, 4) is 0 Å². The SMILES string of the molecule is Cn1nnnc1SCCCSCc1csc(N)n1. The van der Waals surface area contributed by atoms with Crippen LogP contribution in [-0.4, -0.2) is 36.7 Å². The van der Waals surface area contributed by atoms with Crippen LogP contribution in [0.5, 0.6) is 0 Å². The Kier molecular flexibility index (Phi) is 5.26. The summed E-state index contributed by atoms with van der Waals surface area (Å²) < 4.78 is 1.69. The fourth-order valence-electron chi connectivity index (χ4n) is 1.23. The molecule has 6 nitrogen and oxygen atoms in total. The molecule has 0 bridgehead atoms. The zero-order chi connectivity index (χ0) is 12.8. The van der Waals surface area contributed by atoms with Crippen LogP contribution in [0.15, 0.2) is 10.5 Å². The first-order valence-corrected chi connectivity index (χ1v) is 8.40. The second-order valence-corrected chi connectivity index (χ2v) is 6.57. The van der Waals surface area contributed by atoms with Gasteiger partial charge in [-0.15, -0.1) is 16.4 Å². The number of rotatable bonds is 7. The lowest BCUT2D eigenvalue weighted by Gasteiger charge is -1.99. The van der Waals surface area contributed by atoms with E-state index in [4.69, 9.17) is 5.73 Å². The molecule has 2 aromatic heterocycles. The van der Waals surface area contributed by atoms with Gasteiger partial charge in [-0.25, -0.2) is 9.67 Å². The number of tetrazole rings is 1. The fraction of sp³-hybridized carbons (Fsp3) is 0.556. The summed E-state index contributed by atoms with van der Waals surface area (Å²) in [6, 6.07) is 0. The van der Waals surface area contributed by atoms with Crippen molar-refractivity contribution in [1.29, 1.82) is 0 Å². The number of nitrogen functional groups attached to an aromatic ring is 1. The summed E-state index contributed by atoms with van der Waals surface area (Å²) in [7, 11) is 1.85. The summed E-state index contributed by atoms with van der Waals surface area (Å²) in [4.78, 5) is 4.22. The van der Waals surface area contributed by atoms with Gasteiger partial charge >= 0.3 is 0 Å². The number of hydrogen-bond acceptors (Lipinski definition) is 8. The van der Waals surface area contributed by atoms with Crippen LogP contribution in [0.4, 0.5) is 5.13 Å². The monoisotopic (exact) mass is 302 g/mol. The van der Waals surface area contributed by atoms with Crippen LogP contribution < -0.4 is 5.73 Å². The van der Waals surface area contributed by atoms with Gasteiger partial charge in [0.2, 0.25) is 5.16 Å². The first-order valence-electron chi connectivity index (χ1n) is 5.38. The van der Waals surface area contributed by atoms with Gasteiger partial charge in [0.25, 0.3) is 0 Å². The Labute approximate surface area is 118 Å². The molecule has 0 saturated heterocycles. The van der Waals surface area contributed by atoms with E-state index < -0.39 is 0 Å². The highest BCUT2D eigenvalue weighted by atomic mass is 32.2. The number of nitrogens with zero attached hydrogens (tertiary/aromatic N) is 5. The molecule has 2 N–H and O–H groups in total. The molecular weight excluding hydrogens is 288 g/mol. The zero-order valence-electron chi connectivity index (χ0n) is 9.94. The van der Waals surface area contributed by atoms with Crippen molar-refractivity contribution >= 4 is 40.0 Å². The van der Waals surface area contributed by atoms with E-state index in [0.717, 1.165) is 34.5 Å². The van der Waals surface area contributed by atoms with Crippen molar-refractivity contribution < 1.29 is 0 Å². The number of aryl methyl sites for hydroxylation is 1. The van der Waals surface area contributed by atoms with Gasteiger partial charge in [-0.2, -0.15) is 11.8 Å². The summed E-state index contributed by atoms with van der Waals surface area (Å²) in [5.74, 6) is 3.07. The normalized spacial score (nSPS) is 10.9. The maximum absolute atomic E-state index is 5.57. The minimum Gasteiger partial charge on any atom is -0.375 e. The van der Waals surface area contributed by atoms with Gasteiger partial charge < -0.3 is 5.73 Å². The van der Waals surface area contributed by atoms with Crippen LogP contribution >= 0.6 is 34.9 Å². The first-order chi connectivity index (χ1) is 8.75. The molecule has 0 spiro atoms. The molecule has 18 heavy (non-hydrogen) atoms. The van der Waals surface area contributed by atoms with E-state index in [1.807, 2.05) is 24.2 Å². The Morgan fingerprint density at radius 1 is 1.44 bits per heavy atom. The quantitative estimate of drug-likeness (QED) is 0.615. The lowest BCUT2D eigenvalue weighted by Crippen LogP contribution is -1.94. The minimum atomic E-state index is 0.649. The highest BCUT2D eigenvalue weighted by Crippen LogP contribution is 2.19. The van der Waals surface area contributed by atoms with Gasteiger partial charge in [0.05, 0.1) is 5.69 Å². The third-order valence-corrected chi connectivity index (χ3v) is 4.96. The number of thiazole rings is 1. The highest BCUT2D eigenvalue weighted by Gasteiger charge is 2.02. The van der Waals surface area contributed by atoms with E-state index in [1.165, 1.54) is 11.3 Å². The third-order valence-electron chi connectivity index (χ3n) is 2.06. The van der Waals surface area contributed by atoms with Crippen molar-refractivity contribution in [1.82, 2.24) is 25.2 Å². The van der Waals surface area contributed by atoms with Crippen LogP contribution in [0.3, 0.4) is 0 Å². The van der Waals surface area contributed by atoms with E-state index in [1.54, 1.807) is 16.4 Å². The molecule has 0 radical (unpaired) electrons. The molecule has 0 fully saturated rings. The summed E-state index contributed by atoms with van der Waals surface area (Å²) in [5.41, 5.74) is 6.65. The van der Waals surface area contributed by atoms with Crippen LogP contribution in [0.2, 0.25) is 0 Å². The molecule has 0 aliphatic carbocycles. The van der Waals surface area contributed by atoms with Crippen molar-refractivity contribution in [3.05, 3.63) is 11.1 Å². The minimum absolute atomic E-state index is 0.649. The first kappa shape index (κ1) is 13.6. The van der Waals surface area contributed by atoms with Crippen molar-refractivity contribution in [3.63, 3.8) is 0 Å². The largest absolute Gasteiger partial charge is 0.375 e. The Morgan fingerprint density at radius 3 is 3.00 bits per heavy atom. The summed E-state index contributed by atoms with van der Waals surface area (Å²) in [6.45, 7) is 0. The lowest BCUT2D eigenvalue weighted by molar-refractivity contribution is 0.664. The van der Waals surface area contributed by atoms with Gasteiger partial charge in [0, 0.05) is 23.9 Å². The van der Waals surface area contributed by atoms with E-state index in [-0.39, 0.29) is 0 Å². The number of thioether (sulfide) groups is 2. The van der Waals surface area contributed by atoms with E-state index in [9.17, 15) is 0 Å². The summed E-state index contributed by atoms with van der Waals surface area (Å²) in [6.07, 6.45) is 1.13. The highest BCUT2D eigenvalue weighted by molar-refractivity contribution is 7.99. The number of anilines is 1. The van der Waals surface area contributed by atoms with Crippen LogP contribution in [0, 0.1) is 0 Å². The second kappa shape index (κ2) is 6.95. The van der Waals surface area contributed by atoms with Gasteiger partial charge in [-0.3, -0.25) is 0 Å². The molecule has 0 amide bonds. The smallest absolute Gasteiger partial charge is 0.209 e. The van der Waals surface area contributed by atoms with Crippen LogP contribution in [0.1, 0.15) is 12.1 Å². The zero-order valence-corrected chi connectivity index (χ0v) is 12.4. The molecule has 0 unspecified atom stereocenters. The average molecular weight is 302 g/mol. The molecular formula is C9H14N6S3. The molecule has 0 aromatic carbocycles. The second-order valence-electron chi connectivity index (χ2n) is 3.52.